The molecule has 2 fully saturated rings. The van der Waals surface area contributed by atoms with Gasteiger partial charge in [0, 0.05) is 69.8 Å². The Balaban J connectivity index is 1.18. The summed E-state index contributed by atoms with van der Waals surface area (Å²) in [4.78, 5) is 21.8. The number of nitrogens with one attached hydrogen (secondary N) is 1. The van der Waals surface area contributed by atoms with Crippen molar-refractivity contribution in [3.63, 3.8) is 0 Å². The summed E-state index contributed by atoms with van der Waals surface area (Å²) in [6.45, 7) is 8.62. The maximum Gasteiger partial charge on any atom is 0.416 e. The minimum Gasteiger partial charge on any atom is -0.369 e. The number of likely N-dealkylation sites (N-methyl/N-ethyl adjacent to an activating group) is 1. The fourth-order valence-corrected chi connectivity index (χ4v) is 5.80. The molecule has 6 nitrogen and oxygen atoms in total. The molecular weight excluding hydrogens is 479 g/mol. The standard InChI is InChI=1S/C28H36F3N5O/c1-20-3-10-26(35-13-11-33(2)12-14-35)25-19-22(6-9-24(20)25)32-27(37)36-17-15-34(16-18-36)23-7-4-21(5-8-23)28(29,30)31/h3-5,7-8,10,22H,6,9,11-19H2,1-2H3,(H,32,37)/t22-/m0/s1. The zero-order chi connectivity index (χ0) is 26.2. The van der Waals surface area contributed by atoms with Gasteiger partial charge < -0.3 is 24.9 Å². The number of anilines is 2. The molecule has 37 heavy (non-hydrogen) atoms. The first-order valence-corrected chi connectivity index (χ1v) is 13.2. The maximum absolute atomic E-state index is 13.1. The molecular formula is C28H36F3N5O. The molecule has 2 aromatic rings. The second-order valence-electron chi connectivity index (χ2n) is 10.6. The van der Waals surface area contributed by atoms with E-state index >= 15 is 0 Å². The normalized spacial score (nSPS) is 21.1. The van der Waals surface area contributed by atoms with Crippen LogP contribution in [0.4, 0.5) is 29.3 Å². The van der Waals surface area contributed by atoms with Crippen molar-refractivity contribution >= 4 is 17.4 Å². The summed E-state index contributed by atoms with van der Waals surface area (Å²) in [5.41, 5.74) is 5.58. The Labute approximate surface area is 217 Å². The molecule has 0 spiro atoms. The number of urea groups is 1. The summed E-state index contributed by atoms with van der Waals surface area (Å²) in [6.07, 6.45) is -1.60. The third-order valence-electron chi connectivity index (χ3n) is 8.13. The summed E-state index contributed by atoms with van der Waals surface area (Å²) in [6, 6.07) is 9.80. The molecule has 2 saturated heterocycles. The van der Waals surface area contributed by atoms with Crippen molar-refractivity contribution < 1.29 is 18.0 Å². The SMILES string of the molecule is Cc1ccc(N2CCN(C)CC2)c2c1CC[C@H](NC(=O)N1CCN(c3ccc(C(F)(F)F)cc3)CC1)C2. The first-order valence-electron chi connectivity index (χ1n) is 13.2. The summed E-state index contributed by atoms with van der Waals surface area (Å²) >= 11 is 0. The second kappa shape index (κ2) is 10.4. The van der Waals surface area contributed by atoms with E-state index < -0.39 is 11.7 Å². The van der Waals surface area contributed by atoms with Gasteiger partial charge in [-0.05, 0) is 80.3 Å². The Bertz CT molecular complexity index is 1100. The minimum atomic E-state index is -4.33. The summed E-state index contributed by atoms with van der Waals surface area (Å²) in [5.74, 6) is 0. The lowest BCUT2D eigenvalue weighted by atomic mass is 9.84. The van der Waals surface area contributed by atoms with Crippen LogP contribution >= 0.6 is 0 Å². The molecule has 1 atom stereocenters. The third kappa shape index (κ3) is 5.66. The Hall–Kier alpha value is -2.94. The lowest BCUT2D eigenvalue weighted by Gasteiger charge is -2.39. The van der Waals surface area contributed by atoms with Gasteiger partial charge in [0.1, 0.15) is 0 Å². The van der Waals surface area contributed by atoms with E-state index in [4.69, 9.17) is 0 Å². The minimum absolute atomic E-state index is 0.0469. The highest BCUT2D eigenvalue weighted by Crippen LogP contribution is 2.34. The van der Waals surface area contributed by atoms with Gasteiger partial charge in [-0.2, -0.15) is 13.2 Å². The van der Waals surface area contributed by atoms with Crippen LogP contribution in [0.2, 0.25) is 0 Å². The first kappa shape index (κ1) is 25.7. The number of carbonyl (C=O) groups excluding carboxylic acids is 1. The highest BCUT2D eigenvalue weighted by molar-refractivity contribution is 5.75. The molecule has 3 aliphatic rings. The molecule has 2 aliphatic heterocycles. The zero-order valence-corrected chi connectivity index (χ0v) is 21.7. The van der Waals surface area contributed by atoms with Crippen molar-refractivity contribution in [3.05, 3.63) is 58.7 Å². The average molecular weight is 516 g/mol. The number of benzene rings is 2. The van der Waals surface area contributed by atoms with Crippen LogP contribution in [-0.4, -0.2) is 81.3 Å². The van der Waals surface area contributed by atoms with Gasteiger partial charge in [0.2, 0.25) is 0 Å². The summed E-state index contributed by atoms with van der Waals surface area (Å²) in [7, 11) is 2.16. The summed E-state index contributed by atoms with van der Waals surface area (Å²) < 4.78 is 38.6. The number of nitrogens with zero attached hydrogens (tertiary/aromatic N) is 4. The number of rotatable bonds is 3. The van der Waals surface area contributed by atoms with E-state index in [-0.39, 0.29) is 12.1 Å². The molecule has 0 aromatic heterocycles. The Kier molecular flexibility index (Phi) is 7.25. The van der Waals surface area contributed by atoms with Crippen LogP contribution in [0, 0.1) is 6.92 Å². The van der Waals surface area contributed by atoms with Crippen LogP contribution in [0.1, 0.15) is 28.7 Å². The third-order valence-corrected chi connectivity index (χ3v) is 8.13. The molecule has 1 aliphatic carbocycles. The fourth-order valence-electron chi connectivity index (χ4n) is 5.80. The van der Waals surface area contributed by atoms with Crippen LogP contribution in [0.15, 0.2) is 36.4 Å². The number of carbonyl (C=O) groups is 1. The quantitative estimate of drug-likeness (QED) is 0.667. The molecule has 0 unspecified atom stereocenters. The lowest BCUT2D eigenvalue weighted by Crippen LogP contribution is -2.54. The maximum atomic E-state index is 13.1. The summed E-state index contributed by atoms with van der Waals surface area (Å²) in [5, 5.41) is 3.28. The topological polar surface area (TPSA) is 42.1 Å². The van der Waals surface area contributed by atoms with E-state index in [2.05, 4.69) is 41.2 Å². The number of hydrogen-bond donors (Lipinski definition) is 1. The average Bonchev–Trinajstić information content (AvgIpc) is 2.89. The molecule has 9 heteroatoms. The van der Waals surface area contributed by atoms with Gasteiger partial charge in [0.05, 0.1) is 5.56 Å². The molecule has 2 amide bonds. The number of piperazine rings is 2. The van der Waals surface area contributed by atoms with Crippen molar-refractivity contribution in [2.75, 3.05) is 69.2 Å². The molecule has 0 radical (unpaired) electrons. The van der Waals surface area contributed by atoms with Crippen LogP contribution < -0.4 is 15.1 Å². The fraction of sp³-hybridized carbons (Fsp3) is 0.536. The van der Waals surface area contributed by atoms with Crippen molar-refractivity contribution in [1.82, 2.24) is 15.1 Å². The van der Waals surface area contributed by atoms with E-state index in [0.29, 0.717) is 26.2 Å². The molecule has 2 aromatic carbocycles. The predicted molar refractivity (Wildman–Crippen MR) is 140 cm³/mol. The van der Waals surface area contributed by atoms with Gasteiger partial charge in [0.15, 0.2) is 0 Å². The largest absolute Gasteiger partial charge is 0.416 e. The van der Waals surface area contributed by atoms with Gasteiger partial charge in [-0.3, -0.25) is 0 Å². The smallest absolute Gasteiger partial charge is 0.369 e. The Morgan fingerprint density at radius 2 is 1.51 bits per heavy atom. The van der Waals surface area contributed by atoms with Gasteiger partial charge in [-0.15, -0.1) is 0 Å². The van der Waals surface area contributed by atoms with Gasteiger partial charge in [-0.25, -0.2) is 4.79 Å². The van der Waals surface area contributed by atoms with Gasteiger partial charge in [0.25, 0.3) is 0 Å². The highest BCUT2D eigenvalue weighted by atomic mass is 19.4. The molecule has 0 bridgehead atoms. The second-order valence-corrected chi connectivity index (χ2v) is 10.6. The highest BCUT2D eigenvalue weighted by Gasteiger charge is 2.31. The number of amides is 2. The monoisotopic (exact) mass is 515 g/mol. The Morgan fingerprint density at radius 3 is 2.16 bits per heavy atom. The number of fused-ring (bicyclic) bond motifs is 1. The van der Waals surface area contributed by atoms with Crippen LogP contribution in [0.5, 0.6) is 0 Å². The van der Waals surface area contributed by atoms with E-state index in [1.807, 2.05) is 9.80 Å². The Morgan fingerprint density at radius 1 is 0.865 bits per heavy atom. The predicted octanol–water partition coefficient (Wildman–Crippen LogP) is 4.15. The molecule has 5 rings (SSSR count). The molecule has 1 N–H and O–H groups in total. The number of aryl methyl sites for hydroxylation is 1. The van der Waals surface area contributed by atoms with Gasteiger partial charge >= 0.3 is 12.2 Å². The number of halogens is 3. The van der Waals surface area contributed by atoms with Gasteiger partial charge in [-0.1, -0.05) is 6.07 Å². The van der Waals surface area contributed by atoms with Crippen molar-refractivity contribution in [3.8, 4) is 0 Å². The van der Waals surface area contributed by atoms with Crippen molar-refractivity contribution in [2.24, 2.45) is 0 Å². The first-order chi connectivity index (χ1) is 17.7. The molecule has 200 valence electrons. The van der Waals surface area contributed by atoms with E-state index in [0.717, 1.165) is 63.3 Å². The van der Waals surface area contributed by atoms with Crippen LogP contribution in [0.3, 0.4) is 0 Å². The van der Waals surface area contributed by atoms with E-state index in [9.17, 15) is 18.0 Å². The van der Waals surface area contributed by atoms with Crippen LogP contribution in [-0.2, 0) is 19.0 Å². The zero-order valence-electron chi connectivity index (χ0n) is 21.7. The lowest BCUT2D eigenvalue weighted by molar-refractivity contribution is -0.137. The molecule has 2 heterocycles. The van der Waals surface area contributed by atoms with E-state index in [1.54, 1.807) is 0 Å². The number of alkyl halides is 3. The molecule has 0 saturated carbocycles. The van der Waals surface area contributed by atoms with Crippen molar-refractivity contribution in [2.45, 2.75) is 38.4 Å². The van der Waals surface area contributed by atoms with E-state index in [1.165, 1.54) is 34.5 Å². The van der Waals surface area contributed by atoms with Crippen LogP contribution in [0.25, 0.3) is 0 Å². The number of hydrogen-bond acceptors (Lipinski definition) is 4. The van der Waals surface area contributed by atoms with Crippen molar-refractivity contribution in [1.29, 1.82) is 0 Å².